The minimum atomic E-state index is -2.91. The summed E-state index contributed by atoms with van der Waals surface area (Å²) in [6, 6.07) is 0.122. The first-order chi connectivity index (χ1) is 9.85. The van der Waals surface area contributed by atoms with E-state index in [0.717, 1.165) is 12.8 Å². The molecule has 0 amide bonds. The summed E-state index contributed by atoms with van der Waals surface area (Å²) in [5, 5.41) is -0.415. The van der Waals surface area contributed by atoms with Crippen LogP contribution in [0.25, 0.3) is 0 Å². The Hall–Kier alpha value is -0.580. The Balaban J connectivity index is 0. The molecule has 1 rings (SSSR count). The molecule has 24 heavy (non-hydrogen) atoms. The number of rotatable bonds is 4. The molecule has 1 aliphatic rings. The zero-order valence-corrected chi connectivity index (χ0v) is 15.8. The van der Waals surface area contributed by atoms with Gasteiger partial charge in [0, 0.05) is 13.1 Å². The van der Waals surface area contributed by atoms with Crippen LogP contribution in [0.15, 0.2) is 4.99 Å². The molecule has 146 valence electrons. The lowest BCUT2D eigenvalue weighted by Gasteiger charge is -2.42. The largest absolute Gasteiger partial charge is 0.370 e. The summed E-state index contributed by atoms with van der Waals surface area (Å²) in [7, 11) is -2.91. The molecule has 6 nitrogen and oxygen atoms in total. The van der Waals surface area contributed by atoms with Gasteiger partial charge in [0.15, 0.2) is 5.96 Å². The third-order valence-corrected chi connectivity index (χ3v) is 6.98. The molecule has 0 bridgehead atoms. The predicted octanol–water partition coefficient (Wildman–Crippen LogP) is 4.05. The van der Waals surface area contributed by atoms with E-state index in [4.69, 9.17) is 16.0 Å². The van der Waals surface area contributed by atoms with Crippen molar-refractivity contribution in [1.82, 2.24) is 4.67 Å². The topological polar surface area (TPSA) is 93.9 Å². The van der Waals surface area contributed by atoms with Crippen LogP contribution in [0.2, 0.25) is 0 Å². The number of guanidine groups is 1. The van der Waals surface area contributed by atoms with Crippen LogP contribution < -0.4 is 11.5 Å². The average Bonchev–Trinajstić information content (AvgIpc) is 2.34. The monoisotopic (exact) mass is 364 g/mol. The predicted molar refractivity (Wildman–Crippen MR) is 107 cm³/mol. The molecule has 1 atom stereocenters. The molecule has 0 aromatic carbocycles. The van der Waals surface area contributed by atoms with Gasteiger partial charge in [0.2, 0.25) is 0 Å². The summed E-state index contributed by atoms with van der Waals surface area (Å²) in [4.78, 5) is 4.22. The van der Waals surface area contributed by atoms with E-state index < -0.39 is 12.7 Å². The number of hydrogen-bond acceptors (Lipinski definition) is 3. The van der Waals surface area contributed by atoms with Crippen LogP contribution in [0, 0.1) is 5.41 Å². The van der Waals surface area contributed by atoms with Gasteiger partial charge < -0.3 is 16.0 Å². The van der Waals surface area contributed by atoms with Gasteiger partial charge in [0.05, 0.1) is 17.8 Å². The normalized spacial score (nSPS) is 19.6. The molecule has 0 radical (unpaired) electrons. The lowest BCUT2D eigenvalue weighted by Crippen LogP contribution is -2.40. The van der Waals surface area contributed by atoms with Crippen LogP contribution >= 0.6 is 7.52 Å². The van der Waals surface area contributed by atoms with Gasteiger partial charge >= 0.3 is 0 Å². The van der Waals surface area contributed by atoms with Crippen LogP contribution in [-0.2, 0) is 9.09 Å². The Morgan fingerprint density at radius 3 is 1.92 bits per heavy atom. The fourth-order valence-electron chi connectivity index (χ4n) is 2.44. The van der Waals surface area contributed by atoms with Crippen LogP contribution in [0.1, 0.15) is 69.2 Å². The third-order valence-electron chi connectivity index (χ3n) is 3.67. The number of hydrogen-bond donors (Lipinski definition) is 2. The lowest BCUT2D eigenvalue weighted by atomic mass is 9.99. The molecule has 1 saturated heterocycles. The van der Waals surface area contributed by atoms with Crippen LogP contribution in [0.3, 0.4) is 0 Å². The van der Waals surface area contributed by atoms with Crippen molar-refractivity contribution in [2.45, 2.75) is 80.4 Å². The zero-order valence-electron chi connectivity index (χ0n) is 14.9. The highest BCUT2D eigenvalue weighted by molar-refractivity contribution is 7.58. The van der Waals surface area contributed by atoms with Crippen LogP contribution in [0.4, 0.5) is 0 Å². The second kappa shape index (κ2) is 9.21. The lowest BCUT2D eigenvalue weighted by molar-refractivity contribution is 0.161. The van der Waals surface area contributed by atoms with Gasteiger partial charge in [-0.25, -0.2) is 4.67 Å². The summed E-state index contributed by atoms with van der Waals surface area (Å²) < 4.78 is 21.6. The molecule has 1 fully saturated rings. The Kier molecular flexibility index (Phi) is 9.85. The van der Waals surface area contributed by atoms with E-state index in [-0.39, 0.29) is 32.3 Å². The smallest absolute Gasteiger partial charge is 0.277 e. The highest BCUT2D eigenvalue weighted by Crippen LogP contribution is 2.62. The summed E-state index contributed by atoms with van der Waals surface area (Å²) in [6.07, 6.45) is 1.60. The summed E-state index contributed by atoms with van der Waals surface area (Å²) in [6.45, 7) is 14.1. The van der Waals surface area contributed by atoms with Gasteiger partial charge in [-0.3, -0.25) is 9.56 Å². The summed E-state index contributed by atoms with van der Waals surface area (Å²) >= 11 is 0. The van der Waals surface area contributed by atoms with Crippen LogP contribution in [0.5, 0.6) is 0 Å². The average molecular weight is 365 g/mol. The number of nitrogens with zero attached hydrogens (tertiary/aromatic N) is 2. The SMILES string of the molecule is C.C.CC(C)(C)COP(=O)(N1CCC(N=C(N)N)CC1)C(C)(C)C. The van der Waals surface area contributed by atoms with Gasteiger partial charge in [-0.05, 0) is 39.0 Å². The van der Waals surface area contributed by atoms with Gasteiger partial charge in [0.25, 0.3) is 7.52 Å². The Morgan fingerprint density at radius 1 is 1.12 bits per heavy atom. The molecule has 4 N–H and O–H groups in total. The number of aliphatic imine (C=N–C) groups is 1. The maximum Gasteiger partial charge on any atom is 0.277 e. The Morgan fingerprint density at radius 2 is 1.58 bits per heavy atom. The first-order valence-electron chi connectivity index (χ1n) is 7.94. The van der Waals surface area contributed by atoms with E-state index in [0.29, 0.717) is 19.7 Å². The van der Waals surface area contributed by atoms with Crippen molar-refractivity contribution in [3.8, 4) is 0 Å². The summed E-state index contributed by atoms with van der Waals surface area (Å²) in [5.41, 5.74) is 10.9. The van der Waals surface area contributed by atoms with Gasteiger partial charge in [-0.2, -0.15) is 0 Å². The van der Waals surface area contributed by atoms with Gasteiger partial charge in [0.1, 0.15) is 0 Å². The maximum absolute atomic E-state index is 13.6. The number of nitrogens with two attached hydrogens (primary N) is 2. The molecule has 7 heteroatoms. The van der Waals surface area contributed by atoms with Crippen molar-refractivity contribution in [3.63, 3.8) is 0 Å². The van der Waals surface area contributed by atoms with E-state index in [1.807, 2.05) is 25.4 Å². The third kappa shape index (κ3) is 7.12. The molecule has 0 aliphatic carbocycles. The Bertz CT molecular complexity index is 440. The molecule has 0 aromatic heterocycles. The molecule has 1 heterocycles. The molecule has 0 spiro atoms. The summed E-state index contributed by atoms with van der Waals surface area (Å²) in [5.74, 6) is 0.126. The minimum absolute atomic E-state index is 0. The first-order valence-corrected chi connectivity index (χ1v) is 9.52. The highest BCUT2D eigenvalue weighted by atomic mass is 31.2. The molecular formula is C17H41N4O2P. The molecule has 1 aliphatic heterocycles. The van der Waals surface area contributed by atoms with E-state index in [2.05, 4.69) is 25.8 Å². The van der Waals surface area contributed by atoms with Crippen molar-refractivity contribution < 1.29 is 9.09 Å². The van der Waals surface area contributed by atoms with E-state index in [1.165, 1.54) is 0 Å². The highest BCUT2D eigenvalue weighted by Gasteiger charge is 2.45. The van der Waals surface area contributed by atoms with Crippen molar-refractivity contribution in [3.05, 3.63) is 0 Å². The van der Waals surface area contributed by atoms with Crippen LogP contribution in [-0.4, -0.2) is 41.5 Å². The fourth-order valence-corrected chi connectivity index (χ4v) is 5.16. The van der Waals surface area contributed by atoms with Crippen molar-refractivity contribution in [2.75, 3.05) is 19.7 Å². The second-order valence-corrected chi connectivity index (χ2v) is 11.5. The van der Waals surface area contributed by atoms with Crippen molar-refractivity contribution >= 4 is 13.5 Å². The molecular weight excluding hydrogens is 323 g/mol. The van der Waals surface area contributed by atoms with E-state index in [1.54, 1.807) is 0 Å². The minimum Gasteiger partial charge on any atom is -0.370 e. The standard InChI is InChI=1S/C15H33N4O2P.2CH4/c1-14(2,3)11-21-22(20,15(4,5)6)19-9-7-12(8-10-19)18-13(16)17;;/h12H,7-11H2,1-6H3,(H4,16,17,18);2*1H4. The van der Waals surface area contributed by atoms with Crippen molar-refractivity contribution in [2.24, 2.45) is 21.9 Å². The molecule has 0 saturated carbocycles. The zero-order chi connectivity index (χ0) is 17.2. The van der Waals surface area contributed by atoms with Gasteiger partial charge in [-0.15, -0.1) is 0 Å². The van der Waals surface area contributed by atoms with E-state index in [9.17, 15) is 4.57 Å². The Labute approximate surface area is 149 Å². The molecule has 1 unspecified atom stereocenters. The maximum atomic E-state index is 13.6. The van der Waals surface area contributed by atoms with E-state index >= 15 is 0 Å². The number of piperidine rings is 1. The van der Waals surface area contributed by atoms with Gasteiger partial charge in [-0.1, -0.05) is 35.6 Å². The van der Waals surface area contributed by atoms with Crippen molar-refractivity contribution in [1.29, 1.82) is 0 Å². The molecule has 0 aromatic rings. The second-order valence-electron chi connectivity index (χ2n) is 8.26. The quantitative estimate of drug-likeness (QED) is 0.446. The first kappa shape index (κ1) is 25.7. The fraction of sp³-hybridized carbons (Fsp3) is 0.941.